The normalized spacial score (nSPS) is 10.6. The smallest absolute Gasteiger partial charge is 0.101 e. The molecule has 0 saturated carbocycles. The molecule has 0 aliphatic rings. The van der Waals surface area contributed by atoms with Crippen LogP contribution in [0.15, 0.2) is 48.5 Å². The zero-order chi connectivity index (χ0) is 13.4. The topological polar surface area (TPSA) is 28.7 Å². The van der Waals surface area contributed by atoms with Gasteiger partial charge in [-0.1, -0.05) is 30.3 Å². The molecular formula is C16H11IN2. The van der Waals surface area contributed by atoms with E-state index < -0.39 is 0 Å². The first-order valence-electron chi connectivity index (χ1n) is 5.98. The first-order valence-corrected chi connectivity index (χ1v) is 7.06. The molecule has 2 aromatic carbocycles. The molecule has 3 rings (SSSR count). The summed E-state index contributed by atoms with van der Waals surface area (Å²) in [5, 5.41) is 10.4. The Labute approximate surface area is 125 Å². The van der Waals surface area contributed by atoms with Crippen LogP contribution in [0.2, 0.25) is 0 Å². The van der Waals surface area contributed by atoms with Crippen molar-refractivity contribution in [2.24, 2.45) is 0 Å². The molecule has 0 spiro atoms. The number of halogens is 1. The number of fused-ring (bicyclic) bond motifs is 1. The molecule has 0 saturated heterocycles. The van der Waals surface area contributed by atoms with Gasteiger partial charge in [0.2, 0.25) is 0 Å². The second-order valence-electron chi connectivity index (χ2n) is 4.44. The molecule has 1 heterocycles. The van der Waals surface area contributed by atoms with Gasteiger partial charge >= 0.3 is 0 Å². The van der Waals surface area contributed by atoms with Crippen molar-refractivity contribution in [2.45, 2.75) is 6.92 Å². The van der Waals surface area contributed by atoms with Crippen molar-refractivity contribution in [3.05, 3.63) is 63.4 Å². The number of hydrogen-bond donors (Lipinski definition) is 0. The van der Waals surface area contributed by atoms with Gasteiger partial charge in [-0.25, -0.2) is 0 Å². The van der Waals surface area contributed by atoms with Crippen LogP contribution in [0.3, 0.4) is 0 Å². The second kappa shape index (κ2) is 4.71. The summed E-state index contributed by atoms with van der Waals surface area (Å²) in [6, 6.07) is 18.5. The van der Waals surface area contributed by atoms with Crippen LogP contribution in [0.4, 0.5) is 0 Å². The minimum atomic E-state index is 0.712. The summed E-state index contributed by atoms with van der Waals surface area (Å²) in [4.78, 5) is 0. The monoisotopic (exact) mass is 358 g/mol. The van der Waals surface area contributed by atoms with Gasteiger partial charge in [-0.2, -0.15) is 5.26 Å². The molecule has 0 aliphatic heterocycles. The molecule has 3 aromatic rings. The zero-order valence-corrected chi connectivity index (χ0v) is 12.5. The molecule has 0 atom stereocenters. The third-order valence-electron chi connectivity index (χ3n) is 3.26. The molecule has 0 aliphatic carbocycles. The highest BCUT2D eigenvalue weighted by molar-refractivity contribution is 14.1. The lowest BCUT2D eigenvalue weighted by Gasteiger charge is -2.11. The number of aromatic nitrogens is 1. The minimum absolute atomic E-state index is 0.712. The fourth-order valence-corrected chi connectivity index (χ4v) is 3.20. The summed E-state index contributed by atoms with van der Waals surface area (Å²) in [5.41, 5.74) is 4.03. The lowest BCUT2D eigenvalue weighted by molar-refractivity contribution is 1.07. The van der Waals surface area contributed by atoms with Crippen molar-refractivity contribution in [3.63, 3.8) is 0 Å². The summed E-state index contributed by atoms with van der Waals surface area (Å²) in [6.45, 7) is 2.09. The van der Waals surface area contributed by atoms with Gasteiger partial charge in [0, 0.05) is 11.1 Å². The molecule has 3 heteroatoms. The van der Waals surface area contributed by atoms with E-state index in [1.54, 1.807) is 0 Å². The number of nitrogens with zero attached hydrogens (tertiary/aromatic N) is 2. The third kappa shape index (κ3) is 1.92. The van der Waals surface area contributed by atoms with Crippen molar-refractivity contribution in [3.8, 4) is 11.8 Å². The average molecular weight is 358 g/mol. The number of nitriles is 1. The van der Waals surface area contributed by atoms with Crippen molar-refractivity contribution in [1.29, 1.82) is 5.26 Å². The van der Waals surface area contributed by atoms with E-state index in [-0.39, 0.29) is 0 Å². The standard InChI is InChI=1S/C16H11IN2/c1-11-5-2-3-8-14(11)19-15(17)9-12-6-4-7-13(10-18)16(12)19/h2-9H,1H3. The predicted octanol–water partition coefficient (Wildman–Crippen LogP) is 4.42. The molecule has 0 bridgehead atoms. The summed E-state index contributed by atoms with van der Waals surface area (Å²) >= 11 is 2.32. The Balaban J connectivity index is 2.45. The Bertz CT molecular complexity index is 809. The molecule has 2 nitrogen and oxygen atoms in total. The molecule has 0 amide bonds. The SMILES string of the molecule is Cc1ccccc1-n1c(I)cc2cccc(C#N)c21. The quantitative estimate of drug-likeness (QED) is 0.592. The minimum Gasteiger partial charge on any atom is -0.303 e. The average Bonchev–Trinajstić information content (AvgIpc) is 2.75. The Kier molecular flexibility index (Phi) is 3.03. The third-order valence-corrected chi connectivity index (χ3v) is 4.05. The largest absolute Gasteiger partial charge is 0.303 e. The molecular weight excluding hydrogens is 347 g/mol. The van der Waals surface area contributed by atoms with Crippen LogP contribution in [0.5, 0.6) is 0 Å². The van der Waals surface area contributed by atoms with E-state index in [4.69, 9.17) is 0 Å². The second-order valence-corrected chi connectivity index (χ2v) is 5.55. The first kappa shape index (κ1) is 12.2. The Morgan fingerprint density at radius 1 is 1.11 bits per heavy atom. The molecule has 0 N–H and O–H groups in total. The maximum Gasteiger partial charge on any atom is 0.101 e. The lowest BCUT2D eigenvalue weighted by Crippen LogP contribution is -1.99. The number of aryl methyl sites for hydroxylation is 1. The highest BCUT2D eigenvalue weighted by Crippen LogP contribution is 2.29. The predicted molar refractivity (Wildman–Crippen MR) is 85.4 cm³/mol. The van der Waals surface area contributed by atoms with Crippen molar-refractivity contribution in [2.75, 3.05) is 0 Å². The number of benzene rings is 2. The number of para-hydroxylation sites is 2. The Hall–Kier alpha value is -1.80. The molecule has 1 aromatic heterocycles. The summed E-state index contributed by atoms with van der Waals surface area (Å²) < 4.78 is 3.27. The Morgan fingerprint density at radius 2 is 1.89 bits per heavy atom. The zero-order valence-electron chi connectivity index (χ0n) is 10.4. The Morgan fingerprint density at radius 3 is 2.63 bits per heavy atom. The molecule has 0 radical (unpaired) electrons. The fourth-order valence-electron chi connectivity index (χ4n) is 2.37. The van der Waals surface area contributed by atoms with Crippen LogP contribution in [0.25, 0.3) is 16.6 Å². The van der Waals surface area contributed by atoms with Gasteiger partial charge in [0.1, 0.15) is 6.07 Å². The lowest BCUT2D eigenvalue weighted by atomic mass is 10.1. The van der Waals surface area contributed by atoms with E-state index in [2.05, 4.69) is 58.4 Å². The van der Waals surface area contributed by atoms with Crippen LogP contribution in [-0.4, -0.2) is 4.57 Å². The highest BCUT2D eigenvalue weighted by atomic mass is 127. The van der Waals surface area contributed by atoms with Gasteiger partial charge in [0.25, 0.3) is 0 Å². The maximum atomic E-state index is 9.32. The van der Waals surface area contributed by atoms with E-state index in [1.165, 1.54) is 5.56 Å². The van der Waals surface area contributed by atoms with E-state index in [0.29, 0.717) is 5.56 Å². The van der Waals surface area contributed by atoms with Crippen molar-refractivity contribution >= 4 is 33.5 Å². The van der Waals surface area contributed by atoms with Gasteiger partial charge in [-0.15, -0.1) is 0 Å². The van der Waals surface area contributed by atoms with Crippen molar-refractivity contribution in [1.82, 2.24) is 4.57 Å². The van der Waals surface area contributed by atoms with E-state index in [0.717, 1.165) is 20.3 Å². The summed E-state index contributed by atoms with van der Waals surface area (Å²) in [6.07, 6.45) is 0. The van der Waals surface area contributed by atoms with Gasteiger partial charge in [0.05, 0.1) is 14.8 Å². The maximum absolute atomic E-state index is 9.32. The summed E-state index contributed by atoms with van der Waals surface area (Å²) in [5.74, 6) is 0. The number of hydrogen-bond acceptors (Lipinski definition) is 1. The number of rotatable bonds is 1. The van der Waals surface area contributed by atoms with Gasteiger partial charge in [-0.3, -0.25) is 0 Å². The van der Waals surface area contributed by atoms with E-state index >= 15 is 0 Å². The summed E-state index contributed by atoms with van der Waals surface area (Å²) in [7, 11) is 0. The van der Waals surface area contributed by atoms with E-state index in [9.17, 15) is 5.26 Å². The molecule has 92 valence electrons. The highest BCUT2D eigenvalue weighted by Gasteiger charge is 2.13. The van der Waals surface area contributed by atoms with Gasteiger partial charge in [-0.05, 0) is 53.3 Å². The van der Waals surface area contributed by atoms with Gasteiger partial charge < -0.3 is 4.57 Å². The van der Waals surface area contributed by atoms with Gasteiger partial charge in [0.15, 0.2) is 0 Å². The van der Waals surface area contributed by atoms with Crippen LogP contribution >= 0.6 is 22.6 Å². The van der Waals surface area contributed by atoms with E-state index in [1.807, 2.05) is 30.3 Å². The van der Waals surface area contributed by atoms with Crippen LogP contribution in [-0.2, 0) is 0 Å². The fraction of sp³-hybridized carbons (Fsp3) is 0.0625. The van der Waals surface area contributed by atoms with Crippen LogP contribution < -0.4 is 0 Å². The van der Waals surface area contributed by atoms with Crippen LogP contribution in [0.1, 0.15) is 11.1 Å². The molecule has 19 heavy (non-hydrogen) atoms. The molecule has 0 unspecified atom stereocenters. The molecule has 0 fully saturated rings. The van der Waals surface area contributed by atoms with Crippen molar-refractivity contribution < 1.29 is 0 Å². The first-order chi connectivity index (χ1) is 9.22. The van der Waals surface area contributed by atoms with Crippen LogP contribution in [0, 0.1) is 22.0 Å².